The van der Waals surface area contributed by atoms with Crippen molar-refractivity contribution in [2.45, 2.75) is 84.0 Å². The standard InChI is InChI=1S/C33H38ClF3/c1-2-3-4-5-23-6-8-24(9-7-23)10-11-25-12-14-26(15-13-25)16-17-27-18-19-29(30(35)20-27)28-21-31(36)33(34)32(37)22-28/h6-9,18-22,25-26H,2-5,10-17H2,1H3/t25-,26-. The van der Waals surface area contributed by atoms with Gasteiger partial charge < -0.3 is 0 Å². The Balaban J connectivity index is 1.20. The Hall–Kier alpha value is -2.26. The molecular weight excluding hydrogens is 489 g/mol. The van der Waals surface area contributed by atoms with Gasteiger partial charge in [-0.05, 0) is 90.8 Å². The van der Waals surface area contributed by atoms with E-state index in [9.17, 15) is 13.2 Å². The fourth-order valence-electron chi connectivity index (χ4n) is 5.66. The molecule has 1 aliphatic rings. The summed E-state index contributed by atoms with van der Waals surface area (Å²) < 4.78 is 42.3. The van der Waals surface area contributed by atoms with Crippen LogP contribution in [0.5, 0.6) is 0 Å². The molecule has 0 bridgehead atoms. The molecule has 0 heterocycles. The van der Waals surface area contributed by atoms with E-state index >= 15 is 0 Å². The second-order valence-corrected chi connectivity index (χ2v) is 11.2. The maximum atomic E-state index is 14.8. The zero-order chi connectivity index (χ0) is 26.2. The topological polar surface area (TPSA) is 0 Å². The zero-order valence-electron chi connectivity index (χ0n) is 21.8. The van der Waals surface area contributed by atoms with Gasteiger partial charge in [0, 0.05) is 5.56 Å². The maximum Gasteiger partial charge on any atom is 0.145 e. The molecule has 37 heavy (non-hydrogen) atoms. The lowest BCUT2D eigenvalue weighted by Crippen LogP contribution is -2.15. The molecule has 198 valence electrons. The second-order valence-electron chi connectivity index (χ2n) is 10.8. The number of aryl methyl sites for hydroxylation is 3. The highest BCUT2D eigenvalue weighted by Gasteiger charge is 2.21. The van der Waals surface area contributed by atoms with E-state index in [2.05, 4.69) is 31.2 Å². The summed E-state index contributed by atoms with van der Waals surface area (Å²) in [6, 6.07) is 16.4. The van der Waals surface area contributed by atoms with Gasteiger partial charge in [0.05, 0.1) is 0 Å². The molecule has 4 heteroatoms. The van der Waals surface area contributed by atoms with Crippen molar-refractivity contribution in [2.75, 3.05) is 0 Å². The summed E-state index contributed by atoms with van der Waals surface area (Å²) in [5.41, 5.74) is 4.18. The predicted octanol–water partition coefficient (Wildman–Crippen LogP) is 10.5. The van der Waals surface area contributed by atoms with Crippen molar-refractivity contribution in [1.29, 1.82) is 0 Å². The van der Waals surface area contributed by atoms with Crippen LogP contribution in [0.25, 0.3) is 11.1 Å². The van der Waals surface area contributed by atoms with E-state index in [-0.39, 0.29) is 11.1 Å². The Bertz CT molecular complexity index is 1120. The third-order valence-corrected chi connectivity index (χ3v) is 8.43. The number of unbranched alkanes of at least 4 members (excludes halogenated alkanes) is 2. The van der Waals surface area contributed by atoms with Gasteiger partial charge in [-0.2, -0.15) is 0 Å². The summed E-state index contributed by atoms with van der Waals surface area (Å²) in [7, 11) is 0. The summed E-state index contributed by atoms with van der Waals surface area (Å²) in [6.07, 6.45) is 14.4. The third kappa shape index (κ3) is 7.87. The van der Waals surface area contributed by atoms with Crippen LogP contribution < -0.4 is 0 Å². The minimum absolute atomic E-state index is 0.157. The van der Waals surface area contributed by atoms with Crippen LogP contribution in [0.2, 0.25) is 5.02 Å². The minimum Gasteiger partial charge on any atom is -0.206 e. The summed E-state index contributed by atoms with van der Waals surface area (Å²) in [4.78, 5) is 0. The average Bonchev–Trinajstić information content (AvgIpc) is 2.90. The highest BCUT2D eigenvalue weighted by Crippen LogP contribution is 2.35. The summed E-state index contributed by atoms with van der Waals surface area (Å²) >= 11 is 5.55. The minimum atomic E-state index is -0.883. The van der Waals surface area contributed by atoms with E-state index in [1.54, 1.807) is 6.07 Å². The molecule has 4 rings (SSSR count). The molecular formula is C33H38ClF3. The van der Waals surface area contributed by atoms with Crippen molar-refractivity contribution in [3.8, 4) is 11.1 Å². The first-order valence-electron chi connectivity index (χ1n) is 13.9. The number of benzene rings is 3. The van der Waals surface area contributed by atoms with Gasteiger partial charge in [-0.3, -0.25) is 0 Å². The first-order chi connectivity index (χ1) is 17.9. The SMILES string of the molecule is CCCCCc1ccc(CC[C@H]2CC[C@H](CCc3ccc(-c4cc(F)c(Cl)c(F)c4)c(F)c3)CC2)cc1. The first kappa shape index (κ1) is 27.8. The number of hydrogen-bond acceptors (Lipinski definition) is 0. The second kappa shape index (κ2) is 13.5. The predicted molar refractivity (Wildman–Crippen MR) is 149 cm³/mol. The van der Waals surface area contributed by atoms with E-state index in [4.69, 9.17) is 11.6 Å². The lowest BCUT2D eigenvalue weighted by Gasteiger charge is -2.28. The molecule has 1 fully saturated rings. The van der Waals surface area contributed by atoms with Crippen LogP contribution in [0, 0.1) is 29.3 Å². The number of hydrogen-bond donors (Lipinski definition) is 0. The molecule has 0 saturated heterocycles. The van der Waals surface area contributed by atoms with Gasteiger partial charge in [0.1, 0.15) is 22.5 Å². The molecule has 0 spiro atoms. The summed E-state index contributed by atoms with van der Waals surface area (Å²) in [6.45, 7) is 2.25. The van der Waals surface area contributed by atoms with Crippen LogP contribution in [0.4, 0.5) is 13.2 Å². The molecule has 0 unspecified atom stereocenters. The Labute approximate surface area is 225 Å². The van der Waals surface area contributed by atoms with Crippen molar-refractivity contribution >= 4 is 11.6 Å². The van der Waals surface area contributed by atoms with E-state index in [0.717, 1.165) is 42.9 Å². The van der Waals surface area contributed by atoms with Gasteiger partial charge in [0.2, 0.25) is 0 Å². The maximum absolute atomic E-state index is 14.8. The van der Waals surface area contributed by atoms with Crippen LogP contribution in [-0.2, 0) is 19.3 Å². The van der Waals surface area contributed by atoms with Crippen LogP contribution in [0.15, 0.2) is 54.6 Å². The van der Waals surface area contributed by atoms with Crippen LogP contribution in [0.1, 0.15) is 81.4 Å². The van der Waals surface area contributed by atoms with Crippen LogP contribution >= 0.6 is 11.6 Å². The number of halogens is 4. The zero-order valence-corrected chi connectivity index (χ0v) is 22.6. The van der Waals surface area contributed by atoms with E-state index in [0.29, 0.717) is 5.92 Å². The van der Waals surface area contributed by atoms with Crippen molar-refractivity contribution in [1.82, 2.24) is 0 Å². The monoisotopic (exact) mass is 526 g/mol. The number of rotatable bonds is 11. The van der Waals surface area contributed by atoms with Gasteiger partial charge in [-0.15, -0.1) is 0 Å². The van der Waals surface area contributed by atoms with E-state index in [1.807, 2.05) is 6.07 Å². The Kier molecular flexibility index (Phi) is 10.1. The highest BCUT2D eigenvalue weighted by molar-refractivity contribution is 6.31. The molecule has 0 aliphatic heterocycles. The molecule has 0 atom stereocenters. The van der Waals surface area contributed by atoms with Crippen molar-refractivity contribution in [3.05, 3.63) is 93.8 Å². The van der Waals surface area contributed by atoms with E-state index in [1.165, 1.54) is 75.0 Å². The molecule has 3 aromatic carbocycles. The lowest BCUT2D eigenvalue weighted by atomic mass is 9.77. The van der Waals surface area contributed by atoms with Crippen molar-refractivity contribution < 1.29 is 13.2 Å². The van der Waals surface area contributed by atoms with E-state index < -0.39 is 22.5 Å². The normalized spacial score (nSPS) is 17.8. The Morgan fingerprint density at radius 2 is 1.16 bits per heavy atom. The summed E-state index contributed by atoms with van der Waals surface area (Å²) in [5.74, 6) is -0.743. The quantitative estimate of drug-likeness (QED) is 0.172. The highest BCUT2D eigenvalue weighted by atomic mass is 35.5. The van der Waals surface area contributed by atoms with Gasteiger partial charge in [0.15, 0.2) is 0 Å². The van der Waals surface area contributed by atoms with Crippen LogP contribution in [-0.4, -0.2) is 0 Å². The van der Waals surface area contributed by atoms with Gasteiger partial charge in [-0.1, -0.05) is 93.4 Å². The Morgan fingerprint density at radius 3 is 1.70 bits per heavy atom. The third-order valence-electron chi connectivity index (χ3n) is 8.07. The molecule has 1 aliphatic carbocycles. The van der Waals surface area contributed by atoms with Gasteiger partial charge >= 0.3 is 0 Å². The molecule has 0 N–H and O–H groups in total. The molecule has 0 radical (unpaired) electrons. The van der Waals surface area contributed by atoms with Gasteiger partial charge in [-0.25, -0.2) is 13.2 Å². The smallest absolute Gasteiger partial charge is 0.145 e. The molecule has 3 aromatic rings. The van der Waals surface area contributed by atoms with Gasteiger partial charge in [0.25, 0.3) is 0 Å². The average molecular weight is 527 g/mol. The Morgan fingerprint density at radius 1 is 0.649 bits per heavy atom. The lowest BCUT2D eigenvalue weighted by molar-refractivity contribution is 0.253. The molecule has 0 aromatic heterocycles. The summed E-state index contributed by atoms with van der Waals surface area (Å²) in [5, 5.41) is -0.567. The fraction of sp³-hybridized carbons (Fsp3) is 0.455. The molecule has 1 saturated carbocycles. The molecule has 0 amide bonds. The van der Waals surface area contributed by atoms with Crippen molar-refractivity contribution in [3.63, 3.8) is 0 Å². The largest absolute Gasteiger partial charge is 0.206 e. The first-order valence-corrected chi connectivity index (χ1v) is 14.3. The van der Waals surface area contributed by atoms with Crippen LogP contribution in [0.3, 0.4) is 0 Å². The van der Waals surface area contributed by atoms with Crippen molar-refractivity contribution in [2.24, 2.45) is 11.8 Å². The molecule has 0 nitrogen and oxygen atoms in total. The fourth-order valence-corrected chi connectivity index (χ4v) is 5.77.